The lowest BCUT2D eigenvalue weighted by Gasteiger charge is -2.18. The highest BCUT2D eigenvalue weighted by Crippen LogP contribution is 2.16. The zero-order chi connectivity index (χ0) is 10.6. The van der Waals surface area contributed by atoms with Crippen LogP contribution in [0.4, 0.5) is 17.3 Å². The number of likely N-dealkylation sites (N-methyl/N-ethyl adjacent to an activating group) is 2. The molecule has 5 N–H and O–H groups in total. The first-order valence-electron chi connectivity index (χ1n) is 4.53. The van der Waals surface area contributed by atoms with Crippen LogP contribution in [-0.4, -0.2) is 32.2 Å². The maximum absolute atomic E-state index is 5.61. The van der Waals surface area contributed by atoms with Crippen LogP contribution in [0.15, 0.2) is 12.1 Å². The molecule has 5 heteroatoms. The molecule has 0 unspecified atom stereocenters. The molecule has 0 saturated heterocycles. The summed E-state index contributed by atoms with van der Waals surface area (Å²) in [5, 5.41) is 3.07. The molecule has 0 aliphatic rings. The molecule has 1 heterocycles. The molecule has 0 saturated carbocycles. The third kappa shape index (κ3) is 2.50. The van der Waals surface area contributed by atoms with E-state index in [0.29, 0.717) is 11.5 Å². The summed E-state index contributed by atoms with van der Waals surface area (Å²) < 4.78 is 0. The van der Waals surface area contributed by atoms with Gasteiger partial charge in [0.05, 0.1) is 5.69 Å². The molecule has 0 atom stereocenters. The van der Waals surface area contributed by atoms with Crippen molar-refractivity contribution in [2.75, 3.05) is 43.6 Å². The van der Waals surface area contributed by atoms with Gasteiger partial charge in [0.15, 0.2) is 0 Å². The Kier molecular flexibility index (Phi) is 3.53. The number of anilines is 3. The zero-order valence-corrected chi connectivity index (χ0v) is 8.62. The van der Waals surface area contributed by atoms with Gasteiger partial charge in [-0.1, -0.05) is 0 Å². The van der Waals surface area contributed by atoms with Crippen LogP contribution >= 0.6 is 0 Å². The maximum Gasteiger partial charge on any atom is 0.149 e. The van der Waals surface area contributed by atoms with Gasteiger partial charge in [0, 0.05) is 20.1 Å². The summed E-state index contributed by atoms with van der Waals surface area (Å²) in [6.45, 7) is 1.79. The van der Waals surface area contributed by atoms with Gasteiger partial charge in [-0.25, -0.2) is 4.98 Å². The van der Waals surface area contributed by atoms with Gasteiger partial charge in [-0.15, -0.1) is 0 Å². The topological polar surface area (TPSA) is 80.2 Å². The van der Waals surface area contributed by atoms with Gasteiger partial charge in [-0.2, -0.15) is 0 Å². The number of hydrogen-bond acceptors (Lipinski definition) is 5. The summed E-state index contributed by atoms with van der Waals surface area (Å²) in [5.74, 6) is 1.23. The molecule has 1 rings (SSSR count). The Bertz CT molecular complexity index is 299. The highest BCUT2D eigenvalue weighted by atomic mass is 15.2. The quantitative estimate of drug-likeness (QED) is 0.625. The molecule has 0 spiro atoms. The third-order valence-electron chi connectivity index (χ3n) is 2.03. The van der Waals surface area contributed by atoms with Gasteiger partial charge in [0.2, 0.25) is 0 Å². The molecule has 1 aromatic rings. The van der Waals surface area contributed by atoms with Crippen LogP contribution in [0.1, 0.15) is 0 Å². The largest absolute Gasteiger partial charge is 0.396 e. The van der Waals surface area contributed by atoms with Crippen LogP contribution < -0.4 is 21.7 Å². The van der Waals surface area contributed by atoms with E-state index in [2.05, 4.69) is 10.3 Å². The Labute approximate surface area is 84.1 Å². The van der Waals surface area contributed by atoms with E-state index in [1.54, 1.807) is 6.07 Å². The summed E-state index contributed by atoms with van der Waals surface area (Å²) >= 11 is 0. The second kappa shape index (κ2) is 4.66. The summed E-state index contributed by atoms with van der Waals surface area (Å²) in [6, 6.07) is 3.63. The van der Waals surface area contributed by atoms with Crippen LogP contribution in [0, 0.1) is 0 Å². The van der Waals surface area contributed by atoms with E-state index in [0.717, 1.165) is 18.9 Å². The van der Waals surface area contributed by atoms with Crippen LogP contribution in [0.2, 0.25) is 0 Å². The number of nitrogen functional groups attached to an aromatic ring is 2. The van der Waals surface area contributed by atoms with Gasteiger partial charge in [0.25, 0.3) is 0 Å². The molecule has 5 nitrogen and oxygen atoms in total. The van der Waals surface area contributed by atoms with Crippen LogP contribution in [0.3, 0.4) is 0 Å². The van der Waals surface area contributed by atoms with E-state index in [9.17, 15) is 0 Å². The SMILES string of the molecule is CNCCN(C)c1ccc(N)c(N)n1. The summed E-state index contributed by atoms with van der Waals surface area (Å²) in [7, 11) is 3.88. The van der Waals surface area contributed by atoms with Crippen molar-refractivity contribution in [3.8, 4) is 0 Å². The van der Waals surface area contributed by atoms with Gasteiger partial charge < -0.3 is 21.7 Å². The number of nitrogens with zero attached hydrogens (tertiary/aromatic N) is 2. The molecule has 1 aromatic heterocycles. The van der Waals surface area contributed by atoms with Gasteiger partial charge in [-0.05, 0) is 19.2 Å². The number of aromatic nitrogens is 1. The van der Waals surface area contributed by atoms with Crippen molar-refractivity contribution in [2.45, 2.75) is 0 Å². The lowest BCUT2D eigenvalue weighted by atomic mass is 10.3. The standard InChI is InChI=1S/C9H17N5/c1-12-5-6-14(2)8-4-3-7(10)9(11)13-8/h3-4,12H,5-6,10H2,1-2H3,(H2,11,13). The van der Waals surface area contributed by atoms with Crippen molar-refractivity contribution in [1.29, 1.82) is 0 Å². The molecule has 0 bridgehead atoms. The van der Waals surface area contributed by atoms with Gasteiger partial charge >= 0.3 is 0 Å². The lowest BCUT2D eigenvalue weighted by Crippen LogP contribution is -2.27. The van der Waals surface area contributed by atoms with Crippen molar-refractivity contribution in [3.63, 3.8) is 0 Å². The summed E-state index contributed by atoms with van der Waals surface area (Å²) in [6.07, 6.45) is 0. The molecule has 0 fully saturated rings. The van der Waals surface area contributed by atoms with E-state index in [4.69, 9.17) is 11.5 Å². The Morgan fingerprint density at radius 1 is 1.43 bits per heavy atom. The Balaban J connectivity index is 2.70. The predicted molar refractivity (Wildman–Crippen MR) is 60.3 cm³/mol. The first-order chi connectivity index (χ1) is 6.65. The smallest absolute Gasteiger partial charge is 0.149 e. The minimum atomic E-state index is 0.388. The van der Waals surface area contributed by atoms with E-state index < -0.39 is 0 Å². The van der Waals surface area contributed by atoms with E-state index >= 15 is 0 Å². The van der Waals surface area contributed by atoms with E-state index in [-0.39, 0.29) is 0 Å². The van der Waals surface area contributed by atoms with Crippen LogP contribution in [0.25, 0.3) is 0 Å². The Morgan fingerprint density at radius 2 is 2.14 bits per heavy atom. The van der Waals surface area contributed by atoms with Gasteiger partial charge in [0.1, 0.15) is 11.6 Å². The number of rotatable bonds is 4. The van der Waals surface area contributed by atoms with Gasteiger partial charge in [-0.3, -0.25) is 0 Å². The normalized spacial score (nSPS) is 10.1. The fourth-order valence-corrected chi connectivity index (χ4v) is 1.08. The monoisotopic (exact) mass is 195 g/mol. The minimum absolute atomic E-state index is 0.388. The molecule has 14 heavy (non-hydrogen) atoms. The predicted octanol–water partition coefficient (Wildman–Crippen LogP) is -0.0984. The zero-order valence-electron chi connectivity index (χ0n) is 8.62. The molecular weight excluding hydrogens is 178 g/mol. The Hall–Kier alpha value is -1.49. The third-order valence-corrected chi connectivity index (χ3v) is 2.03. The molecule has 0 aliphatic carbocycles. The fourth-order valence-electron chi connectivity index (χ4n) is 1.08. The highest BCUT2D eigenvalue weighted by Gasteiger charge is 2.03. The van der Waals surface area contributed by atoms with E-state index in [1.165, 1.54) is 0 Å². The Morgan fingerprint density at radius 3 is 2.71 bits per heavy atom. The van der Waals surface area contributed by atoms with E-state index in [1.807, 2.05) is 25.1 Å². The molecule has 0 radical (unpaired) electrons. The van der Waals surface area contributed by atoms with Crippen molar-refractivity contribution < 1.29 is 0 Å². The fraction of sp³-hybridized carbons (Fsp3) is 0.444. The maximum atomic E-state index is 5.61. The van der Waals surface area contributed by atoms with Crippen molar-refractivity contribution in [1.82, 2.24) is 10.3 Å². The first kappa shape index (κ1) is 10.6. The molecule has 78 valence electrons. The van der Waals surface area contributed by atoms with Crippen LogP contribution in [0.5, 0.6) is 0 Å². The molecule has 0 amide bonds. The number of hydrogen-bond donors (Lipinski definition) is 3. The highest BCUT2D eigenvalue weighted by molar-refractivity contribution is 5.61. The molecule has 0 aliphatic heterocycles. The molecular formula is C9H17N5. The van der Waals surface area contributed by atoms with Crippen LogP contribution in [-0.2, 0) is 0 Å². The number of nitrogens with two attached hydrogens (primary N) is 2. The second-order valence-corrected chi connectivity index (χ2v) is 3.17. The summed E-state index contributed by atoms with van der Waals surface area (Å²) in [4.78, 5) is 6.20. The minimum Gasteiger partial charge on any atom is -0.396 e. The lowest BCUT2D eigenvalue weighted by molar-refractivity contribution is 0.762. The summed E-state index contributed by atoms with van der Waals surface area (Å²) in [5.41, 5.74) is 11.7. The number of nitrogens with one attached hydrogen (secondary N) is 1. The van der Waals surface area contributed by atoms with Crippen molar-refractivity contribution in [3.05, 3.63) is 12.1 Å². The number of pyridine rings is 1. The second-order valence-electron chi connectivity index (χ2n) is 3.17. The van der Waals surface area contributed by atoms with Crippen molar-refractivity contribution >= 4 is 17.3 Å². The molecule has 0 aromatic carbocycles. The average molecular weight is 195 g/mol. The first-order valence-corrected chi connectivity index (χ1v) is 4.53. The van der Waals surface area contributed by atoms with Crippen molar-refractivity contribution in [2.24, 2.45) is 0 Å². The average Bonchev–Trinajstić information content (AvgIpc) is 2.18.